The molecule has 226 valence electrons. The number of nitriles is 1. The molecule has 6 rings (SSSR count). The highest BCUT2D eigenvalue weighted by Gasteiger charge is 2.37. The van der Waals surface area contributed by atoms with Crippen LogP contribution in [0.15, 0.2) is 65.3 Å². The van der Waals surface area contributed by atoms with Gasteiger partial charge in [-0.05, 0) is 72.5 Å². The molecule has 0 spiro atoms. The van der Waals surface area contributed by atoms with Gasteiger partial charge in [0, 0.05) is 31.3 Å². The Hall–Kier alpha value is -4.56. The summed E-state index contributed by atoms with van der Waals surface area (Å²) in [5.41, 5.74) is 1.18. The van der Waals surface area contributed by atoms with Crippen LogP contribution in [0.1, 0.15) is 43.7 Å². The molecular weight excluding hydrogens is 572 g/mol. The second-order valence-electron chi connectivity index (χ2n) is 11.4. The van der Waals surface area contributed by atoms with Crippen LogP contribution in [0.4, 0.5) is 17.6 Å². The van der Waals surface area contributed by atoms with Crippen LogP contribution >= 0.6 is 0 Å². The lowest BCUT2D eigenvalue weighted by Gasteiger charge is -2.29. The molecule has 7 nitrogen and oxygen atoms in total. The maximum atomic E-state index is 14.3. The van der Waals surface area contributed by atoms with Crippen LogP contribution in [0.25, 0.3) is 45.1 Å². The van der Waals surface area contributed by atoms with E-state index >= 15 is 0 Å². The number of benzene rings is 3. The largest absolute Gasteiger partial charge is 0.435 e. The molecule has 0 aliphatic heterocycles. The molecule has 11 heteroatoms. The van der Waals surface area contributed by atoms with E-state index in [-0.39, 0.29) is 23.5 Å². The molecule has 0 saturated heterocycles. The van der Waals surface area contributed by atoms with Crippen molar-refractivity contribution in [2.75, 3.05) is 13.1 Å². The molecule has 1 aliphatic rings. The first-order valence-electron chi connectivity index (χ1n) is 14.5. The minimum absolute atomic E-state index is 0.0357. The Labute approximate surface area is 251 Å². The molecule has 3 aromatic carbocycles. The third-order valence-corrected chi connectivity index (χ3v) is 8.39. The first kappa shape index (κ1) is 29.5. The second kappa shape index (κ2) is 11.5. The van der Waals surface area contributed by atoms with Crippen LogP contribution in [-0.2, 0) is 19.8 Å². The van der Waals surface area contributed by atoms with Crippen molar-refractivity contribution < 1.29 is 22.0 Å². The molecule has 0 N–H and O–H groups in total. The molecule has 5 aromatic rings. The first-order valence-corrected chi connectivity index (χ1v) is 14.5. The smallest absolute Gasteiger partial charge is 0.420 e. The highest BCUT2D eigenvalue weighted by Crippen LogP contribution is 2.41. The van der Waals surface area contributed by atoms with E-state index in [1.165, 1.54) is 18.5 Å². The maximum Gasteiger partial charge on any atom is 0.420 e. The van der Waals surface area contributed by atoms with Crippen molar-refractivity contribution in [3.63, 3.8) is 0 Å². The number of alkyl halides is 3. The molecule has 44 heavy (non-hydrogen) atoms. The summed E-state index contributed by atoms with van der Waals surface area (Å²) in [6, 6.07) is 16.6. The average molecular weight is 603 g/mol. The summed E-state index contributed by atoms with van der Waals surface area (Å²) < 4.78 is 64.7. The van der Waals surface area contributed by atoms with Gasteiger partial charge in [0.2, 0.25) is 5.89 Å². The van der Waals surface area contributed by atoms with Crippen molar-refractivity contribution in [1.29, 1.82) is 5.26 Å². The van der Waals surface area contributed by atoms with Gasteiger partial charge in [-0.1, -0.05) is 38.0 Å². The Balaban J connectivity index is 1.38. The van der Waals surface area contributed by atoms with E-state index in [1.807, 2.05) is 17.9 Å². The van der Waals surface area contributed by atoms with Crippen LogP contribution in [0, 0.1) is 22.6 Å². The Morgan fingerprint density at radius 1 is 1.05 bits per heavy atom. The molecule has 1 saturated carbocycles. The van der Waals surface area contributed by atoms with E-state index in [4.69, 9.17) is 4.42 Å². The highest BCUT2D eigenvalue weighted by molar-refractivity contribution is 5.84. The predicted molar refractivity (Wildman–Crippen MR) is 157 cm³/mol. The van der Waals surface area contributed by atoms with Crippen LogP contribution in [-0.4, -0.2) is 37.7 Å². The van der Waals surface area contributed by atoms with Gasteiger partial charge in [-0.15, -0.1) is 10.2 Å². The van der Waals surface area contributed by atoms with E-state index < -0.39 is 23.0 Å². The number of fused-ring (bicyclic) bond motifs is 1. The number of hydrogen-bond donors (Lipinski definition) is 0. The lowest BCUT2D eigenvalue weighted by Crippen LogP contribution is -2.35. The number of hydrogen-bond acceptors (Lipinski definition) is 6. The number of rotatable bonds is 8. The molecule has 0 amide bonds. The molecule has 0 unspecified atom stereocenters. The third kappa shape index (κ3) is 5.69. The summed E-state index contributed by atoms with van der Waals surface area (Å²) >= 11 is 0. The molecule has 2 aromatic heterocycles. The Morgan fingerprint density at radius 2 is 1.82 bits per heavy atom. The lowest BCUT2D eigenvalue weighted by atomic mass is 9.87. The van der Waals surface area contributed by atoms with Gasteiger partial charge < -0.3 is 8.98 Å². The van der Waals surface area contributed by atoms with Gasteiger partial charge in [0.05, 0.1) is 11.5 Å². The summed E-state index contributed by atoms with van der Waals surface area (Å²) in [5.74, 6) is 0.0578. The van der Waals surface area contributed by atoms with Gasteiger partial charge in [-0.2, -0.15) is 18.4 Å². The molecule has 1 aliphatic carbocycles. The Kier molecular flexibility index (Phi) is 7.72. The number of aromatic nitrogens is 4. The zero-order chi connectivity index (χ0) is 31.1. The standard InChI is InChI=1S/C33H30F4N6O/c1-3-43(19-32(18-38)11-4-5-12-32)17-21-13-27(33(35,36)37)29-28(14-21)40-31(44-29)23-8-6-7-22(15-23)25-10-9-24(34)16-26(25)30-41-39-20-42(30)2/h6-10,13-16,20H,3-5,11-12,17,19H2,1-2H3. The van der Waals surface area contributed by atoms with Crippen molar-refractivity contribution in [3.8, 4) is 40.0 Å². The van der Waals surface area contributed by atoms with Crippen LogP contribution in [0.3, 0.4) is 0 Å². The molecule has 0 bridgehead atoms. The highest BCUT2D eigenvalue weighted by atomic mass is 19.4. The zero-order valence-electron chi connectivity index (χ0n) is 24.3. The number of halogens is 4. The Morgan fingerprint density at radius 3 is 2.50 bits per heavy atom. The number of aryl methyl sites for hydroxylation is 1. The Bertz CT molecular complexity index is 1860. The SMILES string of the molecule is CCN(Cc1cc(C(F)(F)F)c2oc(-c3cccc(-c4ccc(F)cc4-c4nncn4C)c3)nc2c1)CC1(C#N)CCCC1. The normalized spacial score (nSPS) is 14.9. The van der Waals surface area contributed by atoms with E-state index in [1.54, 1.807) is 41.9 Å². The third-order valence-electron chi connectivity index (χ3n) is 8.39. The van der Waals surface area contributed by atoms with E-state index in [0.29, 0.717) is 46.7 Å². The lowest BCUT2D eigenvalue weighted by molar-refractivity contribution is -0.136. The summed E-state index contributed by atoms with van der Waals surface area (Å²) in [6.45, 7) is 3.31. The first-order chi connectivity index (χ1) is 21.1. The fraction of sp³-hybridized carbons (Fsp3) is 0.333. The second-order valence-corrected chi connectivity index (χ2v) is 11.4. The topological polar surface area (TPSA) is 83.8 Å². The average Bonchev–Trinajstić information content (AvgIpc) is 3.76. The summed E-state index contributed by atoms with van der Waals surface area (Å²) in [5, 5.41) is 17.9. The van der Waals surface area contributed by atoms with Crippen LogP contribution in [0.5, 0.6) is 0 Å². The maximum absolute atomic E-state index is 14.3. The van der Waals surface area contributed by atoms with Gasteiger partial charge in [0.1, 0.15) is 23.2 Å². The number of nitrogens with zero attached hydrogens (tertiary/aromatic N) is 6. The van der Waals surface area contributed by atoms with Crippen molar-refractivity contribution in [3.05, 3.63) is 77.9 Å². The predicted octanol–water partition coefficient (Wildman–Crippen LogP) is 8.02. The summed E-state index contributed by atoms with van der Waals surface area (Å²) in [7, 11) is 1.75. The van der Waals surface area contributed by atoms with Crippen LogP contribution in [0.2, 0.25) is 0 Å². The summed E-state index contributed by atoms with van der Waals surface area (Å²) in [4.78, 5) is 6.52. The molecule has 0 radical (unpaired) electrons. The van der Waals surface area contributed by atoms with Crippen molar-refractivity contribution >= 4 is 11.1 Å². The molecular formula is C33H30F4N6O. The van der Waals surface area contributed by atoms with Gasteiger partial charge >= 0.3 is 6.18 Å². The fourth-order valence-electron chi connectivity index (χ4n) is 6.14. The molecule has 2 heterocycles. The van der Waals surface area contributed by atoms with Gasteiger partial charge in [0.25, 0.3) is 0 Å². The van der Waals surface area contributed by atoms with Crippen molar-refractivity contribution in [2.24, 2.45) is 12.5 Å². The molecule has 1 fully saturated rings. The monoisotopic (exact) mass is 602 g/mol. The molecule has 0 atom stereocenters. The van der Waals surface area contributed by atoms with Gasteiger partial charge in [0.15, 0.2) is 11.4 Å². The van der Waals surface area contributed by atoms with E-state index in [0.717, 1.165) is 31.7 Å². The van der Waals surface area contributed by atoms with Crippen molar-refractivity contribution in [2.45, 2.75) is 45.3 Å². The minimum atomic E-state index is -4.66. The summed E-state index contributed by atoms with van der Waals surface area (Å²) in [6.07, 6.45) is 0.429. The van der Waals surface area contributed by atoms with Crippen molar-refractivity contribution in [1.82, 2.24) is 24.6 Å². The minimum Gasteiger partial charge on any atom is -0.435 e. The fourth-order valence-corrected chi connectivity index (χ4v) is 6.14. The van der Waals surface area contributed by atoms with Gasteiger partial charge in [-0.25, -0.2) is 9.37 Å². The van der Waals surface area contributed by atoms with E-state index in [2.05, 4.69) is 21.3 Å². The number of oxazole rings is 1. The van der Waals surface area contributed by atoms with Gasteiger partial charge in [-0.3, -0.25) is 4.90 Å². The quantitative estimate of drug-likeness (QED) is 0.167. The van der Waals surface area contributed by atoms with E-state index in [9.17, 15) is 22.8 Å². The van der Waals surface area contributed by atoms with Crippen LogP contribution < -0.4 is 0 Å². The zero-order valence-corrected chi connectivity index (χ0v) is 24.3.